The molecule has 1 amide bonds. The van der Waals surface area contributed by atoms with Crippen molar-refractivity contribution in [1.29, 1.82) is 0 Å². The van der Waals surface area contributed by atoms with Crippen molar-refractivity contribution in [3.8, 4) is 0 Å². The fourth-order valence-corrected chi connectivity index (χ4v) is 3.37. The Morgan fingerprint density at radius 3 is 2.47 bits per heavy atom. The van der Waals surface area contributed by atoms with Gasteiger partial charge in [-0.25, -0.2) is 4.98 Å². The third-order valence-corrected chi connectivity index (χ3v) is 5.04. The Morgan fingerprint density at radius 2 is 1.77 bits per heavy atom. The van der Waals surface area contributed by atoms with Gasteiger partial charge in [0.05, 0.1) is 0 Å². The molecule has 0 bridgehead atoms. The van der Waals surface area contributed by atoms with E-state index >= 15 is 0 Å². The molecule has 0 aliphatic carbocycles. The van der Waals surface area contributed by atoms with E-state index in [9.17, 15) is 9.59 Å². The molecule has 9 nitrogen and oxygen atoms in total. The maximum atomic E-state index is 12.7. The van der Waals surface area contributed by atoms with Gasteiger partial charge in [-0.1, -0.05) is 6.07 Å². The van der Waals surface area contributed by atoms with Crippen molar-refractivity contribution >= 4 is 23.4 Å². The first-order valence-corrected chi connectivity index (χ1v) is 9.75. The second-order valence-electron chi connectivity index (χ2n) is 7.18. The van der Waals surface area contributed by atoms with E-state index in [2.05, 4.69) is 25.4 Å². The van der Waals surface area contributed by atoms with E-state index in [0.717, 1.165) is 17.3 Å². The van der Waals surface area contributed by atoms with Gasteiger partial charge in [-0.3, -0.25) is 9.59 Å². The Kier molecular flexibility index (Phi) is 5.42. The molecule has 1 N–H and O–H groups in total. The first-order chi connectivity index (χ1) is 14.5. The SMILES string of the molecule is Cc1cccc(Nc2ccc(N3CCN(C(=O)c4cccn(C)c4=O)CC3)nn2)n1. The first kappa shape index (κ1) is 19.6. The number of hydrogen-bond donors (Lipinski definition) is 1. The molecule has 0 atom stereocenters. The van der Waals surface area contributed by atoms with Gasteiger partial charge >= 0.3 is 0 Å². The second kappa shape index (κ2) is 8.32. The van der Waals surface area contributed by atoms with Gasteiger partial charge in [-0.05, 0) is 43.3 Å². The summed E-state index contributed by atoms with van der Waals surface area (Å²) in [4.78, 5) is 33.1. The molecule has 4 rings (SSSR count). The van der Waals surface area contributed by atoms with Crippen molar-refractivity contribution in [2.24, 2.45) is 7.05 Å². The molecule has 0 spiro atoms. The zero-order valence-electron chi connectivity index (χ0n) is 16.9. The van der Waals surface area contributed by atoms with Crippen LogP contribution in [0.5, 0.6) is 0 Å². The minimum Gasteiger partial charge on any atom is -0.352 e. The topological polar surface area (TPSA) is 96.2 Å². The highest BCUT2D eigenvalue weighted by molar-refractivity contribution is 5.94. The van der Waals surface area contributed by atoms with Crippen molar-refractivity contribution in [2.75, 3.05) is 36.4 Å². The molecule has 3 aromatic heterocycles. The zero-order chi connectivity index (χ0) is 21.1. The van der Waals surface area contributed by atoms with E-state index in [1.54, 1.807) is 30.3 Å². The van der Waals surface area contributed by atoms with E-state index in [-0.39, 0.29) is 17.0 Å². The van der Waals surface area contributed by atoms with Gasteiger partial charge < -0.3 is 19.7 Å². The summed E-state index contributed by atoms with van der Waals surface area (Å²) in [6, 6.07) is 12.8. The van der Waals surface area contributed by atoms with E-state index in [4.69, 9.17) is 0 Å². The lowest BCUT2D eigenvalue weighted by Crippen LogP contribution is -2.50. The molecule has 1 aliphatic rings. The number of piperazine rings is 1. The van der Waals surface area contributed by atoms with Gasteiger partial charge in [0.15, 0.2) is 11.6 Å². The van der Waals surface area contributed by atoms with Crippen molar-refractivity contribution < 1.29 is 4.79 Å². The summed E-state index contributed by atoms with van der Waals surface area (Å²) >= 11 is 0. The first-order valence-electron chi connectivity index (χ1n) is 9.75. The van der Waals surface area contributed by atoms with Crippen molar-refractivity contribution in [3.05, 3.63) is 70.3 Å². The lowest BCUT2D eigenvalue weighted by atomic mass is 10.2. The lowest BCUT2D eigenvalue weighted by Gasteiger charge is -2.35. The molecular weight excluding hydrogens is 382 g/mol. The molecule has 1 aliphatic heterocycles. The summed E-state index contributed by atoms with van der Waals surface area (Å²) < 4.78 is 1.42. The predicted octanol–water partition coefficient (Wildman–Crippen LogP) is 1.58. The molecule has 30 heavy (non-hydrogen) atoms. The molecule has 4 heterocycles. The summed E-state index contributed by atoms with van der Waals surface area (Å²) in [5.41, 5.74) is 0.848. The standard InChI is InChI=1S/C21H23N7O2/c1-15-5-3-7-17(22-15)23-18-8-9-19(25-24-18)27-11-13-28(14-12-27)21(30)16-6-4-10-26(2)20(16)29/h3-10H,11-14H2,1-2H3,(H,22,23,24). The number of amides is 1. The Balaban J connectivity index is 1.37. The molecule has 0 aromatic carbocycles. The highest BCUT2D eigenvalue weighted by Gasteiger charge is 2.24. The average molecular weight is 405 g/mol. The number of nitrogens with one attached hydrogen (secondary N) is 1. The summed E-state index contributed by atoms with van der Waals surface area (Å²) in [6.07, 6.45) is 1.64. The zero-order valence-corrected chi connectivity index (χ0v) is 16.9. The monoisotopic (exact) mass is 405 g/mol. The molecule has 0 radical (unpaired) electrons. The lowest BCUT2D eigenvalue weighted by molar-refractivity contribution is 0.0744. The van der Waals surface area contributed by atoms with Crippen LogP contribution in [0.25, 0.3) is 0 Å². The summed E-state index contributed by atoms with van der Waals surface area (Å²) in [5, 5.41) is 11.7. The van der Waals surface area contributed by atoms with Crippen LogP contribution in [0.15, 0.2) is 53.5 Å². The summed E-state index contributed by atoms with van der Waals surface area (Å²) in [6.45, 7) is 4.22. The smallest absolute Gasteiger partial charge is 0.263 e. The molecule has 9 heteroatoms. The molecule has 154 valence electrons. The van der Waals surface area contributed by atoms with Gasteiger partial charge in [0, 0.05) is 45.1 Å². The fourth-order valence-electron chi connectivity index (χ4n) is 3.37. The Hall–Kier alpha value is -3.75. The number of anilines is 3. The van der Waals surface area contributed by atoms with Crippen LogP contribution < -0.4 is 15.8 Å². The van der Waals surface area contributed by atoms with Crippen LogP contribution in [-0.4, -0.2) is 56.7 Å². The number of nitrogens with zero attached hydrogens (tertiary/aromatic N) is 6. The van der Waals surface area contributed by atoms with Crippen LogP contribution in [-0.2, 0) is 7.05 Å². The largest absolute Gasteiger partial charge is 0.352 e. The summed E-state index contributed by atoms with van der Waals surface area (Å²) in [7, 11) is 1.64. The van der Waals surface area contributed by atoms with Crippen molar-refractivity contribution in [1.82, 2.24) is 24.6 Å². The molecule has 1 saturated heterocycles. The quantitative estimate of drug-likeness (QED) is 0.704. The van der Waals surface area contributed by atoms with Crippen molar-refractivity contribution in [2.45, 2.75) is 6.92 Å². The van der Waals surface area contributed by atoms with Crippen LogP contribution in [0, 0.1) is 6.92 Å². The van der Waals surface area contributed by atoms with Gasteiger partial charge in [0.2, 0.25) is 0 Å². The van der Waals surface area contributed by atoms with Crippen LogP contribution in [0.2, 0.25) is 0 Å². The highest BCUT2D eigenvalue weighted by atomic mass is 16.2. The fraction of sp³-hybridized carbons (Fsp3) is 0.286. The van der Waals surface area contributed by atoms with Gasteiger partial charge in [0.1, 0.15) is 11.4 Å². The molecule has 3 aromatic rings. The minimum absolute atomic E-state index is 0.202. The Morgan fingerprint density at radius 1 is 0.967 bits per heavy atom. The van der Waals surface area contributed by atoms with Gasteiger partial charge in [-0.15, -0.1) is 10.2 Å². The minimum atomic E-state index is -0.276. The van der Waals surface area contributed by atoms with Gasteiger partial charge in [0.25, 0.3) is 11.5 Å². The Labute approximate surface area is 174 Å². The number of pyridine rings is 2. The average Bonchev–Trinajstić information content (AvgIpc) is 2.76. The van der Waals surface area contributed by atoms with Crippen molar-refractivity contribution in [3.63, 3.8) is 0 Å². The number of aromatic nitrogens is 4. The van der Waals surface area contributed by atoms with E-state index in [1.807, 2.05) is 37.3 Å². The van der Waals surface area contributed by atoms with Crippen LogP contribution in [0.4, 0.5) is 17.5 Å². The van der Waals surface area contributed by atoms with Crippen LogP contribution in [0.3, 0.4) is 0 Å². The second-order valence-corrected chi connectivity index (χ2v) is 7.18. The van der Waals surface area contributed by atoms with E-state index in [1.165, 1.54) is 4.57 Å². The Bertz CT molecular complexity index is 1100. The maximum Gasteiger partial charge on any atom is 0.263 e. The third kappa shape index (κ3) is 4.14. The molecule has 0 saturated carbocycles. The maximum absolute atomic E-state index is 12.7. The molecular formula is C21H23N7O2. The van der Waals surface area contributed by atoms with Crippen LogP contribution >= 0.6 is 0 Å². The van der Waals surface area contributed by atoms with Gasteiger partial charge in [-0.2, -0.15) is 0 Å². The normalized spacial score (nSPS) is 13.9. The molecule has 0 unspecified atom stereocenters. The van der Waals surface area contributed by atoms with E-state index < -0.39 is 0 Å². The molecule has 1 fully saturated rings. The van der Waals surface area contributed by atoms with E-state index in [0.29, 0.717) is 32.0 Å². The highest BCUT2D eigenvalue weighted by Crippen LogP contribution is 2.17. The third-order valence-electron chi connectivity index (χ3n) is 5.04. The summed E-state index contributed by atoms with van der Waals surface area (Å²) in [5.74, 6) is 1.86. The number of carbonyl (C=O) groups is 1. The number of rotatable bonds is 4. The number of aryl methyl sites for hydroxylation is 2. The number of hydrogen-bond acceptors (Lipinski definition) is 7. The predicted molar refractivity (Wildman–Crippen MR) is 114 cm³/mol. The number of carbonyl (C=O) groups excluding carboxylic acids is 1. The van der Waals surface area contributed by atoms with Crippen LogP contribution in [0.1, 0.15) is 16.1 Å².